The Labute approximate surface area is 119 Å². The maximum atomic E-state index is 13.5. The van der Waals surface area contributed by atoms with Crippen LogP contribution in [0.25, 0.3) is 0 Å². The maximum Gasteiger partial charge on any atom is 0.161 e. The van der Waals surface area contributed by atoms with Crippen molar-refractivity contribution in [3.8, 4) is 0 Å². The summed E-state index contributed by atoms with van der Waals surface area (Å²) in [4.78, 5) is 4.10. The average molecular weight is 301 g/mol. The second-order valence-electron chi connectivity index (χ2n) is 3.74. The van der Waals surface area contributed by atoms with Crippen molar-refractivity contribution in [3.63, 3.8) is 0 Å². The first-order valence-corrected chi connectivity index (χ1v) is 6.17. The van der Waals surface area contributed by atoms with Crippen molar-refractivity contribution < 1.29 is 4.39 Å². The summed E-state index contributed by atoms with van der Waals surface area (Å²) in [5.41, 5.74) is 2.87. The number of nitrogens with one attached hydrogen (secondary N) is 2. The van der Waals surface area contributed by atoms with Gasteiger partial charge in [-0.25, -0.2) is 15.2 Å². The lowest BCUT2D eigenvalue weighted by Crippen LogP contribution is -2.11. The summed E-state index contributed by atoms with van der Waals surface area (Å²) in [5, 5.41) is 3.58. The van der Waals surface area contributed by atoms with Gasteiger partial charge < -0.3 is 10.7 Å². The number of nitrogen functional groups attached to an aromatic ring is 1. The van der Waals surface area contributed by atoms with Crippen molar-refractivity contribution in [1.29, 1.82) is 0 Å². The molecule has 100 valence electrons. The molecule has 2 rings (SSSR count). The third-order valence-corrected chi connectivity index (χ3v) is 3.05. The van der Waals surface area contributed by atoms with Gasteiger partial charge >= 0.3 is 0 Å². The standard InChI is InChI=1S/C12H11Cl2FN4/c13-8-5-9(14)12(19-16)18-11(8)17-6-7-3-1-2-4-10(7)15/h1-5H,6,16H2,(H2,17,18,19). The molecule has 0 atom stereocenters. The Morgan fingerprint density at radius 3 is 2.53 bits per heavy atom. The maximum absolute atomic E-state index is 13.5. The van der Waals surface area contributed by atoms with E-state index in [4.69, 9.17) is 29.0 Å². The second kappa shape index (κ2) is 6.06. The fraction of sp³-hybridized carbons (Fsp3) is 0.0833. The summed E-state index contributed by atoms with van der Waals surface area (Å²) in [5.74, 6) is 5.65. The Morgan fingerprint density at radius 2 is 1.84 bits per heavy atom. The molecule has 0 aliphatic carbocycles. The summed E-state index contributed by atoms with van der Waals surface area (Å²) in [6, 6.07) is 7.96. The largest absolute Gasteiger partial charge is 0.365 e. The van der Waals surface area contributed by atoms with Gasteiger partial charge in [0.05, 0.1) is 10.0 Å². The second-order valence-corrected chi connectivity index (χ2v) is 4.55. The van der Waals surface area contributed by atoms with Crippen LogP contribution in [0.1, 0.15) is 5.56 Å². The number of nitrogens with zero attached hydrogens (tertiary/aromatic N) is 1. The van der Waals surface area contributed by atoms with Crippen LogP contribution in [0.3, 0.4) is 0 Å². The molecule has 1 heterocycles. The molecule has 0 radical (unpaired) electrons. The molecule has 4 N–H and O–H groups in total. The normalized spacial score (nSPS) is 10.3. The minimum Gasteiger partial charge on any atom is -0.365 e. The summed E-state index contributed by atoms with van der Waals surface area (Å²) in [6.45, 7) is 0.255. The zero-order valence-electron chi connectivity index (χ0n) is 9.75. The zero-order chi connectivity index (χ0) is 13.8. The van der Waals surface area contributed by atoms with Crippen molar-refractivity contribution in [1.82, 2.24) is 4.98 Å². The lowest BCUT2D eigenvalue weighted by atomic mass is 10.2. The number of nitrogens with two attached hydrogens (primary N) is 1. The molecular formula is C12H11Cl2FN4. The van der Waals surface area contributed by atoms with Gasteiger partial charge in [-0.15, -0.1) is 0 Å². The highest BCUT2D eigenvalue weighted by atomic mass is 35.5. The van der Waals surface area contributed by atoms with E-state index >= 15 is 0 Å². The SMILES string of the molecule is NNc1nc(NCc2ccccc2F)c(Cl)cc1Cl. The molecule has 1 aromatic heterocycles. The number of benzene rings is 1. The molecule has 0 fully saturated rings. The predicted octanol–water partition coefficient (Wildman–Crippen LogP) is 3.43. The number of rotatable bonds is 4. The van der Waals surface area contributed by atoms with Gasteiger partial charge in [-0.1, -0.05) is 41.4 Å². The van der Waals surface area contributed by atoms with E-state index in [9.17, 15) is 4.39 Å². The lowest BCUT2D eigenvalue weighted by Gasteiger charge is -2.11. The van der Waals surface area contributed by atoms with Crippen LogP contribution in [-0.2, 0) is 6.54 Å². The van der Waals surface area contributed by atoms with Crippen LogP contribution < -0.4 is 16.6 Å². The van der Waals surface area contributed by atoms with Crippen molar-refractivity contribution >= 4 is 34.8 Å². The summed E-state index contributed by atoms with van der Waals surface area (Å²) >= 11 is 11.9. The molecule has 0 spiro atoms. The van der Waals surface area contributed by atoms with E-state index in [0.717, 1.165) is 0 Å². The fourth-order valence-corrected chi connectivity index (χ4v) is 1.99. The first-order valence-electron chi connectivity index (χ1n) is 5.41. The Hall–Kier alpha value is -1.56. The molecule has 0 unspecified atom stereocenters. The lowest BCUT2D eigenvalue weighted by molar-refractivity contribution is 0.613. The molecule has 0 aliphatic rings. The molecule has 0 aliphatic heterocycles. The molecule has 0 amide bonds. The van der Waals surface area contributed by atoms with Crippen LogP contribution in [0.15, 0.2) is 30.3 Å². The summed E-state index contributed by atoms with van der Waals surface area (Å²) in [6.07, 6.45) is 0. The van der Waals surface area contributed by atoms with Crippen molar-refractivity contribution in [2.45, 2.75) is 6.54 Å². The third kappa shape index (κ3) is 3.26. The van der Waals surface area contributed by atoms with Gasteiger partial charge in [0.2, 0.25) is 0 Å². The molecule has 4 nitrogen and oxygen atoms in total. The van der Waals surface area contributed by atoms with Crippen molar-refractivity contribution in [2.24, 2.45) is 5.84 Å². The molecule has 19 heavy (non-hydrogen) atoms. The Kier molecular flexibility index (Phi) is 4.42. The first kappa shape index (κ1) is 13.9. The minimum atomic E-state index is -0.294. The van der Waals surface area contributed by atoms with E-state index in [0.29, 0.717) is 27.2 Å². The van der Waals surface area contributed by atoms with Gasteiger partial charge in [0, 0.05) is 12.1 Å². The third-order valence-electron chi connectivity index (χ3n) is 2.47. The Balaban J connectivity index is 2.18. The molecular weight excluding hydrogens is 290 g/mol. The smallest absolute Gasteiger partial charge is 0.161 e. The van der Waals surface area contributed by atoms with E-state index in [1.807, 2.05) is 0 Å². The van der Waals surface area contributed by atoms with Crippen LogP contribution in [0.2, 0.25) is 10.0 Å². The number of anilines is 2. The van der Waals surface area contributed by atoms with E-state index < -0.39 is 0 Å². The Bertz CT molecular complexity index is 592. The van der Waals surface area contributed by atoms with Crippen LogP contribution in [0.5, 0.6) is 0 Å². The predicted molar refractivity (Wildman–Crippen MR) is 75.8 cm³/mol. The molecule has 0 bridgehead atoms. The van der Waals surface area contributed by atoms with E-state index in [1.165, 1.54) is 12.1 Å². The highest BCUT2D eigenvalue weighted by molar-refractivity contribution is 6.37. The number of halogens is 3. The molecule has 0 saturated carbocycles. The van der Waals surface area contributed by atoms with E-state index in [-0.39, 0.29) is 12.4 Å². The Morgan fingerprint density at radius 1 is 1.16 bits per heavy atom. The monoisotopic (exact) mass is 300 g/mol. The van der Waals surface area contributed by atoms with Gasteiger partial charge in [0.1, 0.15) is 11.6 Å². The highest BCUT2D eigenvalue weighted by Gasteiger charge is 2.09. The van der Waals surface area contributed by atoms with Gasteiger partial charge in [-0.3, -0.25) is 0 Å². The van der Waals surface area contributed by atoms with E-state index in [1.54, 1.807) is 18.2 Å². The van der Waals surface area contributed by atoms with Crippen LogP contribution in [-0.4, -0.2) is 4.98 Å². The zero-order valence-corrected chi connectivity index (χ0v) is 11.3. The topological polar surface area (TPSA) is 63.0 Å². The van der Waals surface area contributed by atoms with Crippen LogP contribution in [0.4, 0.5) is 16.0 Å². The van der Waals surface area contributed by atoms with Crippen molar-refractivity contribution in [3.05, 3.63) is 51.8 Å². The molecule has 7 heteroatoms. The minimum absolute atomic E-state index is 0.255. The van der Waals surface area contributed by atoms with Crippen LogP contribution in [0, 0.1) is 5.82 Å². The summed E-state index contributed by atoms with van der Waals surface area (Å²) in [7, 11) is 0. The number of aromatic nitrogens is 1. The van der Waals surface area contributed by atoms with Crippen molar-refractivity contribution in [2.75, 3.05) is 10.7 Å². The average Bonchev–Trinajstić information content (AvgIpc) is 2.39. The highest BCUT2D eigenvalue weighted by Crippen LogP contribution is 2.28. The van der Waals surface area contributed by atoms with Gasteiger partial charge in [0.15, 0.2) is 5.82 Å². The van der Waals surface area contributed by atoms with Crippen LogP contribution >= 0.6 is 23.2 Å². The number of hydrogen-bond donors (Lipinski definition) is 3. The van der Waals surface area contributed by atoms with Gasteiger partial charge in [0.25, 0.3) is 0 Å². The number of hydrazine groups is 1. The first-order chi connectivity index (χ1) is 9.11. The molecule has 1 aromatic carbocycles. The quantitative estimate of drug-likeness (QED) is 0.598. The summed E-state index contributed by atoms with van der Waals surface area (Å²) < 4.78 is 13.5. The van der Waals surface area contributed by atoms with E-state index in [2.05, 4.69) is 15.7 Å². The fourth-order valence-electron chi connectivity index (χ4n) is 1.51. The molecule has 2 aromatic rings. The van der Waals surface area contributed by atoms with Gasteiger partial charge in [-0.2, -0.15) is 0 Å². The number of pyridine rings is 1. The number of hydrogen-bond acceptors (Lipinski definition) is 4. The van der Waals surface area contributed by atoms with Gasteiger partial charge in [-0.05, 0) is 12.1 Å². The molecule has 0 saturated heterocycles.